The lowest BCUT2D eigenvalue weighted by molar-refractivity contribution is -0.139. The molecule has 1 aromatic rings. The van der Waals surface area contributed by atoms with Crippen molar-refractivity contribution >= 4 is 5.91 Å². The van der Waals surface area contributed by atoms with Gasteiger partial charge in [0.05, 0.1) is 0 Å². The second-order valence-electron chi connectivity index (χ2n) is 8.21. The van der Waals surface area contributed by atoms with E-state index in [1.54, 1.807) is 0 Å². The Labute approximate surface area is 158 Å². The van der Waals surface area contributed by atoms with E-state index in [0.717, 1.165) is 39.0 Å². The molecule has 26 heavy (non-hydrogen) atoms. The second kappa shape index (κ2) is 8.53. The molecule has 1 aromatic carbocycles. The van der Waals surface area contributed by atoms with Crippen molar-refractivity contribution in [1.29, 1.82) is 0 Å². The molecule has 3 heterocycles. The van der Waals surface area contributed by atoms with Crippen LogP contribution in [0.15, 0.2) is 30.3 Å². The number of benzene rings is 1. The largest absolute Gasteiger partial charge is 0.341 e. The van der Waals surface area contributed by atoms with Crippen LogP contribution in [0.25, 0.3) is 0 Å². The first-order valence-electron chi connectivity index (χ1n) is 10.6. The number of hydrogen-bond donors (Lipinski definition) is 0. The van der Waals surface area contributed by atoms with Gasteiger partial charge in [0.15, 0.2) is 0 Å². The minimum atomic E-state index is -0.0835. The summed E-state index contributed by atoms with van der Waals surface area (Å²) < 4.78 is 0. The Balaban J connectivity index is 1.44. The lowest BCUT2D eigenvalue weighted by Gasteiger charge is -2.41. The highest BCUT2D eigenvalue weighted by molar-refractivity contribution is 5.83. The molecule has 3 aliphatic rings. The SMILES string of the molecule is O=C(C(c1ccccc1)N1CCCCC1)N1CCC(N2CCCC2)CC1. The molecule has 4 heteroatoms. The van der Waals surface area contributed by atoms with Crippen LogP contribution in [-0.2, 0) is 4.79 Å². The number of nitrogens with zero attached hydrogens (tertiary/aromatic N) is 3. The molecule has 0 saturated carbocycles. The van der Waals surface area contributed by atoms with Gasteiger partial charge in [-0.05, 0) is 70.3 Å². The zero-order valence-corrected chi connectivity index (χ0v) is 16.0. The number of carbonyl (C=O) groups excluding carboxylic acids is 1. The molecular weight excluding hydrogens is 322 g/mol. The van der Waals surface area contributed by atoms with Gasteiger partial charge < -0.3 is 9.80 Å². The average molecular weight is 356 g/mol. The number of likely N-dealkylation sites (tertiary alicyclic amines) is 3. The summed E-state index contributed by atoms with van der Waals surface area (Å²) in [6, 6.07) is 11.1. The van der Waals surface area contributed by atoms with E-state index in [-0.39, 0.29) is 6.04 Å². The molecule has 4 nitrogen and oxygen atoms in total. The monoisotopic (exact) mass is 355 g/mol. The van der Waals surface area contributed by atoms with E-state index in [9.17, 15) is 4.79 Å². The summed E-state index contributed by atoms with van der Waals surface area (Å²) in [6.07, 6.45) is 8.73. The molecule has 3 fully saturated rings. The molecule has 142 valence electrons. The van der Waals surface area contributed by atoms with Crippen LogP contribution in [0.3, 0.4) is 0 Å². The van der Waals surface area contributed by atoms with Crippen molar-refractivity contribution < 1.29 is 4.79 Å². The summed E-state index contributed by atoms with van der Waals surface area (Å²) in [6.45, 7) is 6.48. The summed E-state index contributed by atoms with van der Waals surface area (Å²) in [7, 11) is 0. The molecule has 3 aliphatic heterocycles. The minimum absolute atomic E-state index is 0.0835. The first kappa shape index (κ1) is 18.0. The zero-order valence-electron chi connectivity index (χ0n) is 16.0. The Bertz CT molecular complexity index is 570. The fraction of sp³-hybridized carbons (Fsp3) is 0.682. The van der Waals surface area contributed by atoms with Crippen LogP contribution in [0, 0.1) is 0 Å². The smallest absolute Gasteiger partial charge is 0.244 e. The Kier molecular flexibility index (Phi) is 5.91. The van der Waals surface area contributed by atoms with Crippen molar-refractivity contribution in [2.45, 2.75) is 57.0 Å². The first-order chi connectivity index (χ1) is 12.8. The van der Waals surface area contributed by atoms with Gasteiger partial charge in [0.25, 0.3) is 0 Å². The number of carbonyl (C=O) groups is 1. The van der Waals surface area contributed by atoms with Crippen LogP contribution in [0.1, 0.15) is 56.6 Å². The summed E-state index contributed by atoms with van der Waals surface area (Å²) in [4.78, 5) is 20.7. The van der Waals surface area contributed by atoms with Crippen molar-refractivity contribution in [2.24, 2.45) is 0 Å². The van der Waals surface area contributed by atoms with Crippen molar-refractivity contribution in [1.82, 2.24) is 14.7 Å². The third-order valence-electron chi connectivity index (χ3n) is 6.54. The molecule has 0 aliphatic carbocycles. The summed E-state index contributed by atoms with van der Waals surface area (Å²) in [5.74, 6) is 0.331. The Morgan fingerprint density at radius 3 is 2.08 bits per heavy atom. The number of rotatable bonds is 4. The number of hydrogen-bond acceptors (Lipinski definition) is 3. The van der Waals surface area contributed by atoms with Gasteiger partial charge in [-0.25, -0.2) is 0 Å². The molecule has 0 spiro atoms. The molecule has 0 aromatic heterocycles. The summed E-state index contributed by atoms with van der Waals surface area (Å²) in [5, 5.41) is 0. The highest BCUT2D eigenvalue weighted by Gasteiger charge is 2.35. The molecule has 1 atom stereocenters. The van der Waals surface area contributed by atoms with Gasteiger partial charge in [-0.15, -0.1) is 0 Å². The normalized spacial score (nSPS) is 24.7. The number of amides is 1. The molecule has 0 N–H and O–H groups in total. The van der Waals surface area contributed by atoms with E-state index in [4.69, 9.17) is 0 Å². The number of piperidine rings is 2. The van der Waals surface area contributed by atoms with E-state index >= 15 is 0 Å². The maximum Gasteiger partial charge on any atom is 0.244 e. The van der Waals surface area contributed by atoms with Gasteiger partial charge in [0, 0.05) is 19.1 Å². The molecule has 0 bridgehead atoms. The predicted molar refractivity (Wildman–Crippen MR) is 105 cm³/mol. The molecule has 3 saturated heterocycles. The van der Waals surface area contributed by atoms with Crippen molar-refractivity contribution in [2.75, 3.05) is 39.3 Å². The lowest BCUT2D eigenvalue weighted by Crippen LogP contribution is -2.50. The topological polar surface area (TPSA) is 26.8 Å². The maximum atomic E-state index is 13.5. The Morgan fingerprint density at radius 2 is 1.42 bits per heavy atom. The third kappa shape index (κ3) is 3.96. The van der Waals surface area contributed by atoms with Crippen LogP contribution in [-0.4, -0.2) is 65.9 Å². The van der Waals surface area contributed by atoms with Crippen molar-refractivity contribution in [3.8, 4) is 0 Å². The van der Waals surface area contributed by atoms with E-state index in [1.165, 1.54) is 50.8 Å². The second-order valence-corrected chi connectivity index (χ2v) is 8.21. The Hall–Kier alpha value is -1.39. The van der Waals surface area contributed by atoms with Gasteiger partial charge in [-0.2, -0.15) is 0 Å². The quantitative estimate of drug-likeness (QED) is 0.829. The van der Waals surface area contributed by atoms with Crippen LogP contribution >= 0.6 is 0 Å². The fourth-order valence-electron chi connectivity index (χ4n) is 5.05. The minimum Gasteiger partial charge on any atom is -0.341 e. The maximum absolute atomic E-state index is 13.5. The van der Waals surface area contributed by atoms with E-state index in [1.807, 2.05) is 6.07 Å². The van der Waals surface area contributed by atoms with E-state index in [0.29, 0.717) is 11.9 Å². The first-order valence-corrected chi connectivity index (χ1v) is 10.6. The van der Waals surface area contributed by atoms with E-state index in [2.05, 4.69) is 39.0 Å². The average Bonchev–Trinajstić information content (AvgIpc) is 3.25. The van der Waals surface area contributed by atoms with Crippen LogP contribution < -0.4 is 0 Å². The van der Waals surface area contributed by atoms with Gasteiger partial charge in [-0.3, -0.25) is 9.69 Å². The standard InChI is InChI=1S/C22H33N3O/c26-22(25-17-11-20(12-18-25)23-13-7-8-14-23)21(19-9-3-1-4-10-19)24-15-5-2-6-16-24/h1,3-4,9-10,20-21H,2,5-8,11-18H2. The van der Waals surface area contributed by atoms with Gasteiger partial charge in [0.2, 0.25) is 5.91 Å². The fourth-order valence-corrected chi connectivity index (χ4v) is 5.05. The highest BCUT2D eigenvalue weighted by Crippen LogP contribution is 2.29. The molecule has 1 amide bonds. The van der Waals surface area contributed by atoms with Crippen molar-refractivity contribution in [3.63, 3.8) is 0 Å². The predicted octanol–water partition coefficient (Wildman–Crippen LogP) is 3.30. The molecule has 1 unspecified atom stereocenters. The van der Waals surface area contributed by atoms with Crippen molar-refractivity contribution in [3.05, 3.63) is 35.9 Å². The lowest BCUT2D eigenvalue weighted by atomic mass is 9.98. The van der Waals surface area contributed by atoms with E-state index < -0.39 is 0 Å². The molecule has 4 rings (SSSR count). The highest BCUT2D eigenvalue weighted by atomic mass is 16.2. The summed E-state index contributed by atoms with van der Waals surface area (Å²) >= 11 is 0. The van der Waals surface area contributed by atoms with Crippen LogP contribution in [0.5, 0.6) is 0 Å². The third-order valence-corrected chi connectivity index (χ3v) is 6.54. The molecule has 0 radical (unpaired) electrons. The Morgan fingerprint density at radius 1 is 0.808 bits per heavy atom. The van der Waals surface area contributed by atoms with Gasteiger partial charge >= 0.3 is 0 Å². The molecular formula is C22H33N3O. The zero-order chi connectivity index (χ0) is 17.8. The van der Waals surface area contributed by atoms with Crippen LogP contribution in [0.2, 0.25) is 0 Å². The van der Waals surface area contributed by atoms with Gasteiger partial charge in [0.1, 0.15) is 6.04 Å². The van der Waals surface area contributed by atoms with Gasteiger partial charge in [-0.1, -0.05) is 36.8 Å². The van der Waals surface area contributed by atoms with Crippen LogP contribution in [0.4, 0.5) is 0 Å². The summed E-state index contributed by atoms with van der Waals surface area (Å²) in [5.41, 5.74) is 1.17.